The van der Waals surface area contributed by atoms with Crippen LogP contribution in [0.15, 0.2) is 24.5 Å². The van der Waals surface area contributed by atoms with Crippen molar-refractivity contribution in [3.8, 4) is 5.75 Å². The summed E-state index contributed by atoms with van der Waals surface area (Å²) in [6, 6.07) is 3.29. The normalized spacial score (nSPS) is 8.56. The summed E-state index contributed by atoms with van der Waals surface area (Å²) in [5.74, 6) is 0.576. The fourth-order valence-corrected chi connectivity index (χ4v) is 0.478. The van der Waals surface area contributed by atoms with E-state index in [0.29, 0.717) is 13.4 Å². The minimum atomic E-state index is 0.576. The van der Waals surface area contributed by atoms with Gasteiger partial charge in [-0.2, -0.15) is 0 Å². The molecule has 1 heterocycles. The lowest BCUT2D eigenvalue weighted by molar-refractivity contribution is 0.453. The molecule has 0 bridgehead atoms. The molecule has 1 rings (SSSR count). The van der Waals surface area contributed by atoms with Gasteiger partial charge in [0.1, 0.15) is 5.75 Å². The Balaban J connectivity index is 2.61. The molecule has 0 fully saturated rings. The molecule has 45 valence electrons. The molecule has 0 saturated heterocycles. The van der Waals surface area contributed by atoms with Gasteiger partial charge in [-0.3, -0.25) is 4.98 Å². The quantitative estimate of drug-likeness (QED) is 0.560. The van der Waals surface area contributed by atoms with Gasteiger partial charge in [-0.1, -0.05) is 0 Å². The summed E-state index contributed by atoms with van der Waals surface area (Å²) < 4.78 is 4.60. The third kappa shape index (κ3) is 1.73. The monoisotopic (exact) mass is 122 g/mol. The highest BCUT2D eigenvalue weighted by atomic mass is 16.5. The molecule has 0 aromatic carbocycles. The van der Waals surface area contributed by atoms with Crippen LogP contribution in [-0.2, 0) is 0 Å². The van der Waals surface area contributed by atoms with Crippen molar-refractivity contribution in [1.82, 2.24) is 4.98 Å². The van der Waals surface area contributed by atoms with Crippen LogP contribution in [0.3, 0.4) is 0 Å². The molecule has 1 N–H and O–H groups in total. The van der Waals surface area contributed by atoms with Gasteiger partial charge in [0, 0.05) is 12.4 Å². The molecule has 4 heteroatoms. The molecule has 0 aliphatic rings. The van der Waals surface area contributed by atoms with Crippen LogP contribution >= 0.6 is 0 Å². The van der Waals surface area contributed by atoms with Gasteiger partial charge in [0.25, 0.3) is 0 Å². The molecule has 1 aromatic rings. The van der Waals surface area contributed by atoms with Gasteiger partial charge >= 0.3 is 7.69 Å². The number of nitrogens with zero attached hydrogens (tertiary/aromatic N) is 1. The van der Waals surface area contributed by atoms with Crippen molar-refractivity contribution in [3.05, 3.63) is 24.5 Å². The van der Waals surface area contributed by atoms with Gasteiger partial charge in [-0.05, 0) is 12.1 Å². The van der Waals surface area contributed by atoms with Crippen LogP contribution in [-0.4, -0.2) is 17.7 Å². The summed E-state index contributed by atoms with van der Waals surface area (Å²) in [6.07, 6.45) is 3.16. The summed E-state index contributed by atoms with van der Waals surface area (Å²) in [7, 11) is 0.634. The Morgan fingerprint density at radius 3 is 2.67 bits per heavy atom. The van der Waals surface area contributed by atoms with Crippen molar-refractivity contribution in [3.63, 3.8) is 0 Å². The molecule has 1 radical (unpaired) electrons. The molecule has 0 aliphatic heterocycles. The number of hydrogen-bond donors (Lipinski definition) is 1. The molecule has 9 heavy (non-hydrogen) atoms. The van der Waals surface area contributed by atoms with E-state index in [-0.39, 0.29) is 0 Å². The molecule has 0 atom stereocenters. The van der Waals surface area contributed by atoms with Crippen LogP contribution in [0.25, 0.3) is 0 Å². The zero-order valence-corrected chi connectivity index (χ0v) is 4.69. The SMILES string of the molecule is O[B]Oc1ccncc1. The second-order valence-electron chi connectivity index (χ2n) is 1.41. The Hall–Kier alpha value is -1.03. The molecule has 0 saturated carbocycles. The van der Waals surface area contributed by atoms with E-state index in [1.807, 2.05) is 0 Å². The lowest BCUT2D eigenvalue weighted by Gasteiger charge is -1.96. The maximum atomic E-state index is 8.15. The molecular weight excluding hydrogens is 117 g/mol. The van der Waals surface area contributed by atoms with Crippen LogP contribution in [0.2, 0.25) is 0 Å². The number of hydrogen-bond acceptors (Lipinski definition) is 3. The topological polar surface area (TPSA) is 42.4 Å². The number of pyridine rings is 1. The highest BCUT2D eigenvalue weighted by molar-refractivity contribution is 6.17. The fourth-order valence-electron chi connectivity index (χ4n) is 0.478. The van der Waals surface area contributed by atoms with E-state index in [0.717, 1.165) is 0 Å². The maximum Gasteiger partial charge on any atom is 0.569 e. The van der Waals surface area contributed by atoms with Crippen LogP contribution in [0.1, 0.15) is 0 Å². The van der Waals surface area contributed by atoms with E-state index in [2.05, 4.69) is 9.64 Å². The summed E-state index contributed by atoms with van der Waals surface area (Å²) in [5.41, 5.74) is 0. The zero-order chi connectivity index (χ0) is 6.53. The zero-order valence-electron chi connectivity index (χ0n) is 4.69. The Morgan fingerprint density at radius 2 is 2.11 bits per heavy atom. The summed E-state index contributed by atoms with van der Waals surface area (Å²) in [5, 5.41) is 8.15. The van der Waals surface area contributed by atoms with Crippen molar-refractivity contribution in [2.45, 2.75) is 0 Å². The van der Waals surface area contributed by atoms with E-state index in [1.165, 1.54) is 0 Å². The molecule has 0 unspecified atom stereocenters. The van der Waals surface area contributed by atoms with Crippen molar-refractivity contribution in [2.24, 2.45) is 0 Å². The lowest BCUT2D eigenvalue weighted by Crippen LogP contribution is -1.98. The molecular formula is C5H5BNO2. The van der Waals surface area contributed by atoms with Gasteiger partial charge in [-0.25, -0.2) is 0 Å². The van der Waals surface area contributed by atoms with E-state index in [4.69, 9.17) is 5.02 Å². The first kappa shape index (κ1) is 6.10. The fraction of sp³-hybridized carbons (Fsp3) is 0. The minimum Gasteiger partial charge on any atom is -0.537 e. The Labute approximate surface area is 53.6 Å². The molecule has 3 nitrogen and oxygen atoms in total. The number of aromatic nitrogens is 1. The third-order valence-corrected chi connectivity index (χ3v) is 0.839. The lowest BCUT2D eigenvalue weighted by atomic mass is 10.4. The van der Waals surface area contributed by atoms with Crippen LogP contribution < -0.4 is 4.65 Å². The first-order chi connectivity index (χ1) is 4.43. The average molecular weight is 122 g/mol. The second kappa shape index (κ2) is 3.09. The number of rotatable bonds is 2. The van der Waals surface area contributed by atoms with Crippen molar-refractivity contribution < 1.29 is 9.68 Å². The van der Waals surface area contributed by atoms with Crippen molar-refractivity contribution >= 4 is 7.69 Å². The second-order valence-corrected chi connectivity index (χ2v) is 1.41. The van der Waals surface area contributed by atoms with E-state index in [9.17, 15) is 0 Å². The van der Waals surface area contributed by atoms with E-state index >= 15 is 0 Å². The van der Waals surface area contributed by atoms with Gasteiger partial charge in [0.05, 0.1) is 0 Å². The standard InChI is InChI=1S/C5H5BNO2/c8-6-9-5-1-3-7-4-2-5/h1-4,8H. The smallest absolute Gasteiger partial charge is 0.537 e. The van der Waals surface area contributed by atoms with Crippen LogP contribution in [0.4, 0.5) is 0 Å². The molecule has 1 aromatic heterocycles. The van der Waals surface area contributed by atoms with Gasteiger partial charge in [-0.15, -0.1) is 0 Å². The average Bonchev–Trinajstić information content (AvgIpc) is 1.91. The Morgan fingerprint density at radius 1 is 1.44 bits per heavy atom. The Kier molecular flexibility index (Phi) is 2.10. The van der Waals surface area contributed by atoms with Crippen molar-refractivity contribution in [1.29, 1.82) is 0 Å². The first-order valence-electron chi connectivity index (χ1n) is 2.46. The predicted molar refractivity (Wildman–Crippen MR) is 32.8 cm³/mol. The molecule has 0 amide bonds. The van der Waals surface area contributed by atoms with Crippen LogP contribution in [0.5, 0.6) is 5.75 Å². The first-order valence-corrected chi connectivity index (χ1v) is 2.46. The summed E-state index contributed by atoms with van der Waals surface area (Å²) >= 11 is 0. The summed E-state index contributed by atoms with van der Waals surface area (Å²) in [4.78, 5) is 3.75. The third-order valence-electron chi connectivity index (χ3n) is 0.839. The van der Waals surface area contributed by atoms with Gasteiger partial charge in [0.2, 0.25) is 0 Å². The highest BCUT2D eigenvalue weighted by Gasteiger charge is 1.89. The van der Waals surface area contributed by atoms with E-state index < -0.39 is 0 Å². The minimum absolute atomic E-state index is 0.576. The van der Waals surface area contributed by atoms with Gasteiger partial charge < -0.3 is 9.68 Å². The highest BCUT2D eigenvalue weighted by Crippen LogP contribution is 2.04. The summed E-state index contributed by atoms with van der Waals surface area (Å²) in [6.45, 7) is 0. The van der Waals surface area contributed by atoms with E-state index in [1.54, 1.807) is 24.5 Å². The maximum absolute atomic E-state index is 8.15. The van der Waals surface area contributed by atoms with Crippen molar-refractivity contribution in [2.75, 3.05) is 0 Å². The largest absolute Gasteiger partial charge is 0.569 e. The van der Waals surface area contributed by atoms with Gasteiger partial charge in [0.15, 0.2) is 0 Å². The molecule has 0 spiro atoms. The molecule has 0 aliphatic carbocycles. The Bertz CT molecular complexity index is 168. The predicted octanol–water partition coefficient (Wildman–Crippen LogP) is -0.0131. The van der Waals surface area contributed by atoms with Crippen LogP contribution in [0, 0.1) is 0 Å².